The Morgan fingerprint density at radius 3 is 2.70 bits per heavy atom. The Bertz CT molecular complexity index is 320. The molecule has 0 aromatic carbocycles. The highest BCUT2D eigenvalue weighted by atomic mass is 127. The van der Waals surface area contributed by atoms with Crippen LogP contribution in [0, 0.1) is 9.81 Å². The number of aryl methyl sites for hydroxylation is 1. The van der Waals surface area contributed by atoms with Crippen LogP contribution in [-0.4, -0.2) is 0 Å². The molecule has 1 aromatic rings. The van der Waals surface area contributed by atoms with Gasteiger partial charge in [-0.25, -0.2) is 0 Å². The van der Waals surface area contributed by atoms with Gasteiger partial charge in [-0.05, 0) is 29.5 Å². The quantitative estimate of drug-likeness (QED) is 0.662. The molecule has 0 spiro atoms. The molecule has 2 rings (SSSR count). The molecule has 1 aliphatic heterocycles. The van der Waals surface area contributed by atoms with Gasteiger partial charge in [-0.2, -0.15) is 8.73 Å². The Morgan fingerprint density at radius 2 is 2.00 bits per heavy atom. The monoisotopic (exact) mass is 282 g/mol. The number of halogens is 1. The van der Waals surface area contributed by atoms with Gasteiger partial charge in [0.2, 0.25) is 0 Å². The highest BCUT2D eigenvalue weighted by Crippen LogP contribution is 2.44. The van der Waals surface area contributed by atoms with E-state index in [4.69, 9.17) is 0 Å². The minimum Gasteiger partial charge on any atom is -0.172 e. The van der Waals surface area contributed by atoms with Crippen molar-refractivity contribution >= 4 is 56.7 Å². The molecule has 10 heavy (non-hydrogen) atoms. The summed E-state index contributed by atoms with van der Waals surface area (Å²) in [6.07, 6.45) is 0. The molecule has 2 nitrogen and oxygen atoms in total. The molecule has 1 aromatic heterocycles. The molecule has 0 fully saturated rings. The van der Waals surface area contributed by atoms with Crippen LogP contribution in [-0.2, 0) is 11.4 Å². The van der Waals surface area contributed by atoms with Crippen molar-refractivity contribution < 1.29 is 0 Å². The van der Waals surface area contributed by atoms with Crippen molar-refractivity contribution in [1.29, 1.82) is 0 Å². The third-order valence-corrected chi connectivity index (χ3v) is 3.82. The van der Waals surface area contributed by atoms with E-state index in [0.29, 0.717) is 0 Å². The third-order valence-electron chi connectivity index (χ3n) is 1.25. The van der Waals surface area contributed by atoms with E-state index in [2.05, 4.69) is 38.2 Å². The number of hydrogen-bond donors (Lipinski definition) is 0. The average molecular weight is 282 g/mol. The molecule has 0 saturated heterocycles. The maximum atomic E-state index is 4.18. The van der Waals surface area contributed by atoms with Gasteiger partial charge in [0.25, 0.3) is 0 Å². The van der Waals surface area contributed by atoms with Crippen LogP contribution in [0.5, 0.6) is 0 Å². The van der Waals surface area contributed by atoms with Crippen molar-refractivity contribution in [3.63, 3.8) is 0 Å². The number of hydrogen-bond acceptors (Lipinski definition) is 3. The molecule has 0 aliphatic carbocycles. The van der Waals surface area contributed by atoms with Crippen molar-refractivity contribution in [2.45, 2.75) is 6.92 Å². The molecule has 0 bridgehead atoms. The summed E-state index contributed by atoms with van der Waals surface area (Å²) in [6.45, 7) is 2.08. The molecule has 0 atom stereocenters. The van der Waals surface area contributed by atoms with E-state index in [1.165, 1.54) is 19.1 Å². The van der Waals surface area contributed by atoms with Crippen LogP contribution in [0.3, 0.4) is 0 Å². The van der Waals surface area contributed by atoms with Crippen molar-refractivity contribution in [2.24, 2.45) is 8.73 Å². The predicted molar refractivity (Wildman–Crippen MR) is 53.3 cm³/mol. The van der Waals surface area contributed by atoms with E-state index < -0.39 is 0 Å². The minimum atomic E-state index is 1.08. The molecule has 0 N–H and O–H groups in total. The normalized spacial score (nSPS) is 13.4. The summed E-state index contributed by atoms with van der Waals surface area (Å²) < 4.78 is 9.60. The van der Waals surface area contributed by atoms with Crippen LogP contribution in [0.15, 0.2) is 8.73 Å². The number of fused-ring (bicyclic) bond motifs is 1. The molecule has 52 valence electrons. The van der Waals surface area contributed by atoms with Crippen LogP contribution in [0.2, 0.25) is 0 Å². The van der Waals surface area contributed by atoms with Gasteiger partial charge in [0.1, 0.15) is 11.4 Å². The van der Waals surface area contributed by atoms with E-state index in [1.807, 2.05) is 0 Å². The van der Waals surface area contributed by atoms with Crippen LogP contribution in [0.25, 0.3) is 0 Å². The summed E-state index contributed by atoms with van der Waals surface area (Å²) in [4.78, 5) is 1.27. The van der Waals surface area contributed by atoms with E-state index in [9.17, 15) is 0 Å². The van der Waals surface area contributed by atoms with Gasteiger partial charge in [0, 0.05) is 4.88 Å². The fourth-order valence-electron chi connectivity index (χ4n) is 0.780. The van der Waals surface area contributed by atoms with Crippen LogP contribution in [0.4, 0.5) is 11.4 Å². The standard InChI is InChI=1S/C5H3IN2S2/c1-2-3-4(5(6)9-2)8-10-7-3/h1H3. The Kier molecular flexibility index (Phi) is 1.65. The van der Waals surface area contributed by atoms with Crippen molar-refractivity contribution in [2.75, 3.05) is 0 Å². The molecule has 0 saturated carbocycles. The summed E-state index contributed by atoms with van der Waals surface area (Å²) in [6, 6.07) is 0. The summed E-state index contributed by atoms with van der Waals surface area (Å²) in [7, 11) is 0. The predicted octanol–water partition coefficient (Wildman–Crippen LogP) is 3.39. The third kappa shape index (κ3) is 0.876. The highest BCUT2D eigenvalue weighted by Gasteiger charge is 2.14. The molecule has 1 aliphatic rings. The maximum absolute atomic E-state index is 4.18. The van der Waals surface area contributed by atoms with Crippen LogP contribution in [0.1, 0.15) is 4.88 Å². The molecular weight excluding hydrogens is 279 g/mol. The fraction of sp³-hybridized carbons (Fsp3) is 0.200. The first-order chi connectivity index (χ1) is 4.79. The summed E-state index contributed by atoms with van der Waals surface area (Å²) in [5.41, 5.74) is 2.16. The lowest BCUT2D eigenvalue weighted by Crippen LogP contribution is -1.54. The molecule has 0 unspecified atom stereocenters. The summed E-state index contributed by atoms with van der Waals surface area (Å²) in [5.74, 6) is 0. The van der Waals surface area contributed by atoms with Gasteiger partial charge < -0.3 is 0 Å². The Morgan fingerprint density at radius 1 is 1.30 bits per heavy atom. The minimum absolute atomic E-state index is 1.08. The smallest absolute Gasteiger partial charge is 0.129 e. The first-order valence-electron chi connectivity index (χ1n) is 2.66. The lowest BCUT2D eigenvalue weighted by Gasteiger charge is -1.81. The molecule has 0 amide bonds. The second-order valence-electron chi connectivity index (χ2n) is 1.89. The lowest BCUT2D eigenvalue weighted by atomic mass is 10.4. The van der Waals surface area contributed by atoms with Crippen molar-refractivity contribution in [3.8, 4) is 0 Å². The zero-order chi connectivity index (χ0) is 7.14. The van der Waals surface area contributed by atoms with Crippen molar-refractivity contribution in [3.05, 3.63) is 7.76 Å². The first kappa shape index (κ1) is 6.93. The highest BCUT2D eigenvalue weighted by molar-refractivity contribution is 14.1. The zero-order valence-electron chi connectivity index (χ0n) is 5.09. The largest absolute Gasteiger partial charge is 0.172 e. The number of nitrogens with zero attached hydrogens (tertiary/aromatic N) is 2. The molecular formula is C5H3IN2S2. The molecule has 0 radical (unpaired) electrons. The number of thiophene rings is 1. The second-order valence-corrected chi connectivity index (χ2v) is 5.46. The average Bonchev–Trinajstić information content (AvgIpc) is 2.39. The first-order valence-corrected chi connectivity index (χ1v) is 5.29. The van der Waals surface area contributed by atoms with Gasteiger partial charge in [-0.15, -0.1) is 11.3 Å². The Labute approximate surface area is 79.7 Å². The van der Waals surface area contributed by atoms with E-state index in [-0.39, 0.29) is 0 Å². The topological polar surface area (TPSA) is 24.7 Å². The lowest BCUT2D eigenvalue weighted by molar-refractivity contribution is 1.52. The number of rotatable bonds is 0. The van der Waals surface area contributed by atoms with E-state index in [0.717, 1.165) is 11.4 Å². The van der Waals surface area contributed by atoms with E-state index in [1.54, 1.807) is 11.3 Å². The second kappa shape index (κ2) is 2.38. The van der Waals surface area contributed by atoms with Crippen LogP contribution >= 0.6 is 33.9 Å². The van der Waals surface area contributed by atoms with E-state index >= 15 is 0 Å². The van der Waals surface area contributed by atoms with Gasteiger partial charge in [0.15, 0.2) is 0 Å². The summed E-state index contributed by atoms with van der Waals surface area (Å²) in [5, 5.41) is 0. The SMILES string of the molecule is Cc1sc(I)c2c1N=S=N2. The molecule has 5 heteroatoms. The zero-order valence-corrected chi connectivity index (χ0v) is 8.88. The van der Waals surface area contributed by atoms with Gasteiger partial charge in [-0.3, -0.25) is 0 Å². The molecule has 2 heterocycles. The Hall–Kier alpha value is 0.250. The van der Waals surface area contributed by atoms with Gasteiger partial charge in [0.05, 0.1) is 14.2 Å². The fourth-order valence-corrected chi connectivity index (χ4v) is 3.78. The van der Waals surface area contributed by atoms with Crippen LogP contribution < -0.4 is 0 Å². The van der Waals surface area contributed by atoms with Gasteiger partial charge >= 0.3 is 0 Å². The summed E-state index contributed by atoms with van der Waals surface area (Å²) >= 11 is 5.35. The maximum Gasteiger partial charge on any atom is 0.129 e. The Balaban J connectivity index is 2.77. The van der Waals surface area contributed by atoms with Crippen molar-refractivity contribution in [1.82, 2.24) is 0 Å². The van der Waals surface area contributed by atoms with Gasteiger partial charge in [-0.1, -0.05) is 0 Å².